The van der Waals surface area contributed by atoms with Crippen LogP contribution >= 0.6 is 0 Å². The van der Waals surface area contributed by atoms with Crippen molar-refractivity contribution in [3.05, 3.63) is 77.9 Å². The number of aryl methyl sites for hydroxylation is 1. The summed E-state index contributed by atoms with van der Waals surface area (Å²) in [6.45, 7) is 4.09. The molecule has 8 nitrogen and oxygen atoms in total. The number of carbonyl (C=O) groups excluding carboxylic acids is 1. The smallest absolute Gasteiger partial charge is 0.410 e. The summed E-state index contributed by atoms with van der Waals surface area (Å²) in [6.07, 6.45) is 2.94. The number of piperazine rings is 1. The predicted molar refractivity (Wildman–Crippen MR) is 130 cm³/mol. The molecule has 0 aliphatic carbocycles. The third-order valence-electron chi connectivity index (χ3n) is 6.00. The Morgan fingerprint density at radius 3 is 2.57 bits per heavy atom. The number of amides is 1. The van der Waals surface area contributed by atoms with Crippen molar-refractivity contribution in [2.45, 2.75) is 13.5 Å². The number of phenolic OH excluding ortho intramolecular Hbond substituents is 1. The van der Waals surface area contributed by atoms with E-state index in [1.54, 1.807) is 29.4 Å². The number of anilines is 1. The number of aromatic hydroxyl groups is 1. The Morgan fingerprint density at radius 1 is 1.06 bits per heavy atom. The fraction of sp³-hybridized carbons (Fsp3) is 0.231. The largest absolute Gasteiger partial charge is 0.507 e. The average molecular weight is 474 g/mol. The number of pyridine rings is 1. The molecule has 1 amide bonds. The van der Waals surface area contributed by atoms with Gasteiger partial charge in [0.1, 0.15) is 24.0 Å². The average Bonchev–Trinajstić information content (AvgIpc) is 2.87. The van der Waals surface area contributed by atoms with E-state index in [1.807, 2.05) is 30.0 Å². The number of fused-ring (bicyclic) bond motifs is 1. The van der Waals surface area contributed by atoms with Crippen LogP contribution in [-0.4, -0.2) is 57.2 Å². The van der Waals surface area contributed by atoms with Crippen molar-refractivity contribution in [3.8, 4) is 17.1 Å². The first-order valence-electron chi connectivity index (χ1n) is 11.3. The molecule has 0 saturated carbocycles. The summed E-state index contributed by atoms with van der Waals surface area (Å²) >= 11 is 0. The van der Waals surface area contributed by atoms with Crippen molar-refractivity contribution in [2.75, 3.05) is 31.1 Å². The van der Waals surface area contributed by atoms with E-state index in [9.17, 15) is 14.3 Å². The Morgan fingerprint density at radius 2 is 1.83 bits per heavy atom. The lowest BCUT2D eigenvalue weighted by molar-refractivity contribution is 0.0941. The molecule has 0 spiro atoms. The van der Waals surface area contributed by atoms with Crippen molar-refractivity contribution < 1.29 is 19.0 Å². The maximum Gasteiger partial charge on any atom is 0.410 e. The number of nitrogens with zero attached hydrogens (tertiary/aromatic N) is 5. The molecule has 3 heterocycles. The second kappa shape index (κ2) is 9.54. The topological polar surface area (TPSA) is 91.7 Å². The predicted octanol–water partition coefficient (Wildman–Crippen LogP) is 4.30. The number of carbonyl (C=O) groups is 1. The second-order valence-corrected chi connectivity index (χ2v) is 8.41. The van der Waals surface area contributed by atoms with Crippen LogP contribution in [0, 0.1) is 12.7 Å². The molecule has 4 aromatic rings. The maximum absolute atomic E-state index is 14.6. The summed E-state index contributed by atoms with van der Waals surface area (Å²) in [7, 11) is 0. The van der Waals surface area contributed by atoms with E-state index in [2.05, 4.69) is 15.0 Å². The van der Waals surface area contributed by atoms with Crippen LogP contribution in [0.4, 0.5) is 15.0 Å². The van der Waals surface area contributed by atoms with Gasteiger partial charge in [0.05, 0.1) is 11.1 Å². The Labute approximate surface area is 201 Å². The highest BCUT2D eigenvalue weighted by molar-refractivity contribution is 5.92. The Balaban J connectivity index is 1.38. The fourth-order valence-corrected chi connectivity index (χ4v) is 4.13. The Kier molecular flexibility index (Phi) is 6.13. The van der Waals surface area contributed by atoms with E-state index >= 15 is 0 Å². The Bertz CT molecular complexity index is 1350. The normalized spacial score (nSPS) is 13.8. The summed E-state index contributed by atoms with van der Waals surface area (Å²) < 4.78 is 20.1. The van der Waals surface area contributed by atoms with Crippen LogP contribution in [0.5, 0.6) is 5.75 Å². The van der Waals surface area contributed by atoms with Gasteiger partial charge in [-0.15, -0.1) is 0 Å². The standard InChI is InChI=1S/C26H24FN5O3/c1-17-5-6-19-21(15-17)29-24(23-20(27)3-2-4-22(23)33)30-25(19)31-11-13-32(14-12-31)26(34)35-16-18-7-9-28-10-8-18/h2-10,15,33H,11-14,16H2,1H3. The van der Waals surface area contributed by atoms with Crippen LogP contribution in [0.1, 0.15) is 11.1 Å². The van der Waals surface area contributed by atoms with Crippen LogP contribution in [0.3, 0.4) is 0 Å². The van der Waals surface area contributed by atoms with Crippen LogP contribution in [-0.2, 0) is 11.3 Å². The zero-order chi connectivity index (χ0) is 24.4. The van der Waals surface area contributed by atoms with Gasteiger partial charge in [0.2, 0.25) is 0 Å². The van der Waals surface area contributed by atoms with E-state index in [0.29, 0.717) is 37.5 Å². The van der Waals surface area contributed by atoms with E-state index in [1.165, 1.54) is 18.2 Å². The van der Waals surface area contributed by atoms with E-state index in [4.69, 9.17) is 4.74 Å². The van der Waals surface area contributed by atoms with Gasteiger partial charge in [-0.25, -0.2) is 19.2 Å². The van der Waals surface area contributed by atoms with Crippen LogP contribution in [0.15, 0.2) is 60.9 Å². The molecule has 9 heteroatoms. The number of aromatic nitrogens is 3. The molecule has 35 heavy (non-hydrogen) atoms. The molecule has 1 saturated heterocycles. The van der Waals surface area contributed by atoms with Gasteiger partial charge in [0, 0.05) is 44.0 Å². The van der Waals surface area contributed by atoms with Crippen molar-refractivity contribution in [1.29, 1.82) is 0 Å². The van der Waals surface area contributed by atoms with Crippen molar-refractivity contribution in [1.82, 2.24) is 19.9 Å². The van der Waals surface area contributed by atoms with Crippen molar-refractivity contribution >= 4 is 22.8 Å². The lowest BCUT2D eigenvalue weighted by atomic mass is 10.1. The third kappa shape index (κ3) is 4.70. The summed E-state index contributed by atoms with van der Waals surface area (Å²) in [6, 6.07) is 13.6. The van der Waals surface area contributed by atoms with Gasteiger partial charge in [-0.05, 0) is 54.4 Å². The second-order valence-electron chi connectivity index (χ2n) is 8.41. The number of phenols is 1. The number of benzene rings is 2. The molecule has 5 rings (SSSR count). The number of halogens is 1. The Hall–Kier alpha value is -4.27. The quantitative estimate of drug-likeness (QED) is 0.472. The number of ether oxygens (including phenoxy) is 1. The first-order valence-corrected chi connectivity index (χ1v) is 11.3. The van der Waals surface area contributed by atoms with Crippen LogP contribution in [0.25, 0.3) is 22.3 Å². The van der Waals surface area contributed by atoms with Crippen molar-refractivity contribution in [2.24, 2.45) is 0 Å². The van der Waals surface area contributed by atoms with Gasteiger partial charge in [0.25, 0.3) is 0 Å². The lowest BCUT2D eigenvalue weighted by Crippen LogP contribution is -2.49. The summed E-state index contributed by atoms with van der Waals surface area (Å²) in [5, 5.41) is 11.1. The molecule has 1 fully saturated rings. The summed E-state index contributed by atoms with van der Waals surface area (Å²) in [5.41, 5.74) is 2.51. The minimum atomic E-state index is -0.593. The molecular formula is C26H24FN5O3. The van der Waals surface area contributed by atoms with Gasteiger partial charge >= 0.3 is 6.09 Å². The van der Waals surface area contributed by atoms with Gasteiger partial charge in [-0.3, -0.25) is 4.98 Å². The number of hydrogen-bond acceptors (Lipinski definition) is 7. The highest BCUT2D eigenvalue weighted by Gasteiger charge is 2.26. The van der Waals surface area contributed by atoms with E-state index in [0.717, 1.165) is 16.5 Å². The summed E-state index contributed by atoms with van der Waals surface area (Å²) in [5.74, 6) is -0.0558. The van der Waals surface area contributed by atoms with Crippen LogP contribution < -0.4 is 4.90 Å². The van der Waals surface area contributed by atoms with Gasteiger partial charge in [-0.1, -0.05) is 12.1 Å². The molecule has 1 N–H and O–H groups in total. The first-order chi connectivity index (χ1) is 17.0. The zero-order valence-corrected chi connectivity index (χ0v) is 19.2. The summed E-state index contributed by atoms with van der Waals surface area (Å²) in [4.78, 5) is 29.4. The molecule has 0 atom stereocenters. The molecule has 0 unspecified atom stereocenters. The minimum Gasteiger partial charge on any atom is -0.507 e. The third-order valence-corrected chi connectivity index (χ3v) is 6.00. The maximum atomic E-state index is 14.6. The van der Waals surface area contributed by atoms with Crippen molar-refractivity contribution in [3.63, 3.8) is 0 Å². The molecule has 178 valence electrons. The molecular weight excluding hydrogens is 449 g/mol. The lowest BCUT2D eigenvalue weighted by Gasteiger charge is -2.35. The molecule has 1 aliphatic heterocycles. The molecule has 0 bridgehead atoms. The van der Waals surface area contributed by atoms with Gasteiger partial charge < -0.3 is 19.6 Å². The van der Waals surface area contributed by atoms with E-state index < -0.39 is 5.82 Å². The molecule has 1 aliphatic rings. The highest BCUT2D eigenvalue weighted by atomic mass is 19.1. The van der Waals surface area contributed by atoms with Gasteiger partial charge in [-0.2, -0.15) is 0 Å². The molecule has 0 radical (unpaired) electrons. The molecule has 2 aromatic heterocycles. The monoisotopic (exact) mass is 473 g/mol. The SMILES string of the molecule is Cc1ccc2c(N3CCN(C(=O)OCc4ccncc4)CC3)nc(-c3c(O)cccc3F)nc2c1. The minimum absolute atomic E-state index is 0.0320. The number of rotatable bonds is 4. The number of hydrogen-bond donors (Lipinski definition) is 1. The highest BCUT2D eigenvalue weighted by Crippen LogP contribution is 2.34. The fourth-order valence-electron chi connectivity index (χ4n) is 4.13. The molecule has 2 aromatic carbocycles. The van der Waals surface area contributed by atoms with Gasteiger partial charge in [0.15, 0.2) is 5.82 Å². The van der Waals surface area contributed by atoms with E-state index in [-0.39, 0.29) is 29.8 Å². The zero-order valence-electron chi connectivity index (χ0n) is 19.2. The van der Waals surface area contributed by atoms with Crippen LogP contribution in [0.2, 0.25) is 0 Å². The first kappa shape index (κ1) is 22.5.